The summed E-state index contributed by atoms with van der Waals surface area (Å²) >= 11 is 0. The highest BCUT2D eigenvalue weighted by molar-refractivity contribution is 5.91. The number of nitrogens with two attached hydrogens (primary N) is 1. The van der Waals surface area contributed by atoms with E-state index < -0.39 is 0 Å². The minimum absolute atomic E-state index is 0.110. The van der Waals surface area contributed by atoms with Crippen molar-refractivity contribution in [3.8, 4) is 0 Å². The van der Waals surface area contributed by atoms with E-state index in [1.807, 2.05) is 0 Å². The summed E-state index contributed by atoms with van der Waals surface area (Å²) in [6.07, 6.45) is 4.85. The second-order valence-electron chi connectivity index (χ2n) is 4.39. The predicted molar refractivity (Wildman–Crippen MR) is 67.7 cm³/mol. The maximum Gasteiger partial charge on any atom is 0.250 e. The van der Waals surface area contributed by atoms with Gasteiger partial charge in [-0.05, 0) is 37.1 Å². The van der Waals surface area contributed by atoms with Gasteiger partial charge >= 0.3 is 0 Å². The molecule has 0 radical (unpaired) electrons. The van der Waals surface area contributed by atoms with E-state index in [1.54, 1.807) is 24.3 Å². The fraction of sp³-hybridized carbons (Fsp3) is 0.462. The SMILES string of the molecule is Nc1ccc(NC(=O)COC2CCCC2)cc1. The zero-order chi connectivity index (χ0) is 12.1. The van der Waals surface area contributed by atoms with Crippen LogP contribution in [0, 0.1) is 0 Å². The van der Waals surface area contributed by atoms with Gasteiger partial charge in [-0.2, -0.15) is 0 Å². The van der Waals surface area contributed by atoms with Crippen molar-refractivity contribution in [3.63, 3.8) is 0 Å². The van der Waals surface area contributed by atoms with Crippen molar-refractivity contribution in [1.82, 2.24) is 0 Å². The number of carbonyl (C=O) groups is 1. The minimum atomic E-state index is -0.110. The van der Waals surface area contributed by atoms with Crippen LogP contribution in [-0.2, 0) is 9.53 Å². The zero-order valence-corrected chi connectivity index (χ0v) is 9.82. The molecule has 1 aromatic carbocycles. The van der Waals surface area contributed by atoms with E-state index in [1.165, 1.54) is 12.8 Å². The molecule has 0 bridgehead atoms. The van der Waals surface area contributed by atoms with Crippen molar-refractivity contribution in [2.24, 2.45) is 0 Å². The van der Waals surface area contributed by atoms with Gasteiger partial charge in [0.15, 0.2) is 0 Å². The molecule has 17 heavy (non-hydrogen) atoms. The van der Waals surface area contributed by atoms with Gasteiger partial charge in [0.25, 0.3) is 0 Å². The lowest BCUT2D eigenvalue weighted by molar-refractivity contribution is -0.122. The topological polar surface area (TPSA) is 64.3 Å². The summed E-state index contributed by atoms with van der Waals surface area (Å²) in [4.78, 5) is 11.6. The lowest BCUT2D eigenvalue weighted by atomic mass is 10.3. The first-order valence-corrected chi connectivity index (χ1v) is 6.01. The van der Waals surface area contributed by atoms with Gasteiger partial charge in [0.1, 0.15) is 6.61 Å². The van der Waals surface area contributed by atoms with Crippen molar-refractivity contribution in [2.45, 2.75) is 31.8 Å². The van der Waals surface area contributed by atoms with Gasteiger partial charge in [-0.15, -0.1) is 0 Å². The Morgan fingerprint density at radius 3 is 2.59 bits per heavy atom. The molecular weight excluding hydrogens is 216 g/mol. The molecule has 4 heteroatoms. The van der Waals surface area contributed by atoms with Gasteiger partial charge in [-0.3, -0.25) is 4.79 Å². The first kappa shape index (κ1) is 11.9. The van der Waals surface area contributed by atoms with Gasteiger partial charge in [0.2, 0.25) is 5.91 Å². The number of carbonyl (C=O) groups excluding carboxylic acids is 1. The van der Waals surface area contributed by atoms with E-state index in [2.05, 4.69) is 5.32 Å². The van der Waals surface area contributed by atoms with Crippen LogP contribution in [-0.4, -0.2) is 18.6 Å². The fourth-order valence-corrected chi connectivity index (χ4v) is 2.01. The van der Waals surface area contributed by atoms with Crippen molar-refractivity contribution in [1.29, 1.82) is 0 Å². The third kappa shape index (κ3) is 3.75. The van der Waals surface area contributed by atoms with Crippen LogP contribution in [0.5, 0.6) is 0 Å². The molecule has 0 spiro atoms. The van der Waals surface area contributed by atoms with Crippen LogP contribution in [0.15, 0.2) is 24.3 Å². The van der Waals surface area contributed by atoms with Crippen molar-refractivity contribution < 1.29 is 9.53 Å². The summed E-state index contributed by atoms with van der Waals surface area (Å²) in [5, 5.41) is 2.77. The molecule has 92 valence electrons. The highest BCUT2D eigenvalue weighted by Crippen LogP contribution is 2.20. The third-order valence-electron chi connectivity index (χ3n) is 2.95. The zero-order valence-electron chi connectivity index (χ0n) is 9.82. The van der Waals surface area contributed by atoms with Gasteiger partial charge in [-0.25, -0.2) is 0 Å². The summed E-state index contributed by atoms with van der Waals surface area (Å²) in [7, 11) is 0. The summed E-state index contributed by atoms with van der Waals surface area (Å²) in [6.45, 7) is 0.134. The number of benzene rings is 1. The summed E-state index contributed by atoms with van der Waals surface area (Å²) in [6, 6.07) is 7.08. The standard InChI is InChI=1S/C13H18N2O2/c14-10-5-7-11(8-6-10)15-13(16)9-17-12-3-1-2-4-12/h5-8,12H,1-4,9,14H2,(H,15,16). The second-order valence-corrected chi connectivity index (χ2v) is 4.39. The molecule has 0 heterocycles. The van der Waals surface area contributed by atoms with E-state index >= 15 is 0 Å². The molecule has 0 aliphatic heterocycles. The number of ether oxygens (including phenoxy) is 1. The lowest BCUT2D eigenvalue weighted by Crippen LogP contribution is -2.21. The first-order chi connectivity index (χ1) is 8.24. The van der Waals surface area contributed by atoms with Crippen LogP contribution in [0.4, 0.5) is 11.4 Å². The molecule has 2 rings (SSSR count). The molecule has 1 aliphatic rings. The van der Waals surface area contributed by atoms with E-state index in [-0.39, 0.29) is 18.6 Å². The molecule has 1 fully saturated rings. The molecule has 0 unspecified atom stereocenters. The number of anilines is 2. The monoisotopic (exact) mass is 234 g/mol. The maximum atomic E-state index is 11.6. The van der Waals surface area contributed by atoms with Gasteiger partial charge in [0.05, 0.1) is 6.10 Å². The van der Waals surface area contributed by atoms with E-state index in [0.29, 0.717) is 5.69 Å². The summed E-state index contributed by atoms with van der Waals surface area (Å²) < 4.78 is 5.52. The number of hydrogen-bond donors (Lipinski definition) is 2. The third-order valence-corrected chi connectivity index (χ3v) is 2.95. The van der Waals surface area contributed by atoms with Crippen molar-refractivity contribution >= 4 is 17.3 Å². The molecule has 4 nitrogen and oxygen atoms in total. The highest BCUT2D eigenvalue weighted by Gasteiger charge is 2.16. The highest BCUT2D eigenvalue weighted by atomic mass is 16.5. The Morgan fingerprint density at radius 2 is 1.94 bits per heavy atom. The second kappa shape index (κ2) is 5.68. The first-order valence-electron chi connectivity index (χ1n) is 6.01. The van der Waals surface area contributed by atoms with E-state index in [0.717, 1.165) is 18.5 Å². The summed E-state index contributed by atoms with van der Waals surface area (Å²) in [5.41, 5.74) is 7.00. The normalized spacial score (nSPS) is 16.0. The smallest absolute Gasteiger partial charge is 0.250 e. The predicted octanol–water partition coefficient (Wildman–Crippen LogP) is 2.17. The molecular formula is C13H18N2O2. The molecule has 1 aromatic rings. The Kier molecular flexibility index (Phi) is 3.98. The van der Waals surface area contributed by atoms with Crippen LogP contribution >= 0.6 is 0 Å². The van der Waals surface area contributed by atoms with Crippen molar-refractivity contribution in [2.75, 3.05) is 17.7 Å². The van der Waals surface area contributed by atoms with Crippen LogP contribution in [0.25, 0.3) is 0 Å². The van der Waals surface area contributed by atoms with E-state index in [4.69, 9.17) is 10.5 Å². The molecule has 0 aromatic heterocycles. The molecule has 1 saturated carbocycles. The van der Waals surface area contributed by atoms with Crippen LogP contribution in [0.1, 0.15) is 25.7 Å². The largest absolute Gasteiger partial charge is 0.399 e. The fourth-order valence-electron chi connectivity index (χ4n) is 2.01. The Bertz CT molecular complexity index is 370. The Labute approximate surface area is 101 Å². The molecule has 1 aliphatic carbocycles. The average Bonchev–Trinajstić information content (AvgIpc) is 2.83. The Hall–Kier alpha value is -1.55. The van der Waals surface area contributed by atoms with E-state index in [9.17, 15) is 4.79 Å². The van der Waals surface area contributed by atoms with Gasteiger partial charge in [-0.1, -0.05) is 12.8 Å². The Balaban J connectivity index is 1.74. The van der Waals surface area contributed by atoms with Gasteiger partial charge in [0, 0.05) is 11.4 Å². The number of rotatable bonds is 4. The number of nitrogens with one attached hydrogen (secondary N) is 1. The molecule has 3 N–H and O–H groups in total. The van der Waals surface area contributed by atoms with Crippen molar-refractivity contribution in [3.05, 3.63) is 24.3 Å². The molecule has 0 saturated heterocycles. The number of hydrogen-bond acceptors (Lipinski definition) is 3. The lowest BCUT2D eigenvalue weighted by Gasteiger charge is -2.11. The number of amides is 1. The van der Waals surface area contributed by atoms with Crippen LogP contribution in [0.3, 0.4) is 0 Å². The van der Waals surface area contributed by atoms with Crippen LogP contribution in [0.2, 0.25) is 0 Å². The summed E-state index contributed by atoms with van der Waals surface area (Å²) in [5.74, 6) is -0.110. The average molecular weight is 234 g/mol. The van der Waals surface area contributed by atoms with Gasteiger partial charge < -0.3 is 15.8 Å². The maximum absolute atomic E-state index is 11.6. The minimum Gasteiger partial charge on any atom is -0.399 e. The molecule has 0 atom stereocenters. The molecule has 1 amide bonds. The van der Waals surface area contributed by atoms with Crippen LogP contribution < -0.4 is 11.1 Å². The quantitative estimate of drug-likeness (QED) is 0.785. The Morgan fingerprint density at radius 1 is 1.29 bits per heavy atom. The number of nitrogen functional groups attached to an aromatic ring is 1.